The SMILES string of the molecule is OC[C@@H]1C[C@H](O)[C@@H](O)C(CN2[C@](O)([C@H](O)[C@@H](O)CO)[C@]2(O)CO)O1. The first-order valence-corrected chi connectivity index (χ1v) is 7.60. The first-order valence-electron chi connectivity index (χ1n) is 7.60. The number of aliphatic hydroxyl groups is 9. The van der Waals surface area contributed by atoms with E-state index in [0.29, 0.717) is 0 Å². The lowest BCUT2D eigenvalue weighted by atomic mass is 9.98. The van der Waals surface area contributed by atoms with Crippen LogP contribution in [-0.4, -0.2) is 125 Å². The minimum absolute atomic E-state index is 0.00540. The summed E-state index contributed by atoms with van der Waals surface area (Å²) >= 11 is 0. The first-order chi connectivity index (χ1) is 11.2. The van der Waals surface area contributed by atoms with Crippen molar-refractivity contribution in [3.8, 4) is 0 Å². The van der Waals surface area contributed by atoms with Crippen molar-refractivity contribution in [2.24, 2.45) is 0 Å². The van der Waals surface area contributed by atoms with Gasteiger partial charge in [-0.3, -0.25) is 0 Å². The van der Waals surface area contributed by atoms with Gasteiger partial charge in [0.05, 0.1) is 38.1 Å². The fraction of sp³-hybridized carbons (Fsp3) is 1.00. The molecule has 0 aliphatic carbocycles. The van der Waals surface area contributed by atoms with Gasteiger partial charge in [-0.05, 0) is 0 Å². The van der Waals surface area contributed by atoms with Crippen molar-refractivity contribution in [1.82, 2.24) is 4.90 Å². The molecule has 0 aromatic rings. The van der Waals surface area contributed by atoms with E-state index in [1.165, 1.54) is 0 Å². The van der Waals surface area contributed by atoms with Crippen molar-refractivity contribution < 1.29 is 50.7 Å². The highest BCUT2D eigenvalue weighted by Crippen LogP contribution is 2.51. The summed E-state index contributed by atoms with van der Waals surface area (Å²) < 4.78 is 5.37. The molecule has 2 rings (SSSR count). The molecular formula is C13H25NO10. The van der Waals surface area contributed by atoms with Gasteiger partial charge < -0.3 is 50.7 Å². The Morgan fingerprint density at radius 1 is 1.12 bits per heavy atom. The summed E-state index contributed by atoms with van der Waals surface area (Å²) in [7, 11) is 0. The van der Waals surface area contributed by atoms with Crippen LogP contribution in [0.3, 0.4) is 0 Å². The van der Waals surface area contributed by atoms with Gasteiger partial charge >= 0.3 is 0 Å². The van der Waals surface area contributed by atoms with E-state index in [4.69, 9.17) is 14.9 Å². The maximum atomic E-state index is 10.4. The molecule has 0 aromatic heterocycles. The largest absolute Gasteiger partial charge is 0.394 e. The molecule has 2 aliphatic heterocycles. The predicted molar refractivity (Wildman–Crippen MR) is 75.2 cm³/mol. The quantitative estimate of drug-likeness (QED) is 0.197. The van der Waals surface area contributed by atoms with Crippen LogP contribution in [0.15, 0.2) is 0 Å². The van der Waals surface area contributed by atoms with Crippen LogP contribution >= 0.6 is 0 Å². The lowest BCUT2D eigenvalue weighted by molar-refractivity contribution is -0.184. The van der Waals surface area contributed by atoms with Gasteiger partial charge in [0.1, 0.15) is 18.3 Å². The van der Waals surface area contributed by atoms with Crippen LogP contribution in [0, 0.1) is 0 Å². The van der Waals surface area contributed by atoms with Crippen LogP contribution in [0.2, 0.25) is 0 Å². The zero-order chi connectivity index (χ0) is 18.3. The molecule has 9 atom stereocenters. The highest BCUT2D eigenvalue weighted by atomic mass is 16.5. The van der Waals surface area contributed by atoms with Gasteiger partial charge in [-0.25, -0.2) is 4.90 Å². The molecule has 24 heavy (non-hydrogen) atoms. The number of hydrogen-bond donors (Lipinski definition) is 9. The van der Waals surface area contributed by atoms with E-state index < -0.39 is 74.4 Å². The first kappa shape index (κ1) is 19.9. The summed E-state index contributed by atoms with van der Waals surface area (Å²) in [5, 5.41) is 87.2. The molecule has 11 heteroatoms. The summed E-state index contributed by atoms with van der Waals surface area (Å²) in [5.74, 6) is 0. The third-order valence-corrected chi connectivity index (χ3v) is 4.79. The molecule has 0 spiro atoms. The number of rotatable bonds is 7. The van der Waals surface area contributed by atoms with Crippen LogP contribution in [0.25, 0.3) is 0 Å². The van der Waals surface area contributed by atoms with Crippen molar-refractivity contribution in [2.75, 3.05) is 26.4 Å². The second kappa shape index (κ2) is 7.05. The maximum absolute atomic E-state index is 10.4. The second-order valence-corrected chi connectivity index (χ2v) is 6.28. The fourth-order valence-corrected chi connectivity index (χ4v) is 3.21. The summed E-state index contributed by atoms with van der Waals surface area (Å²) in [6.07, 6.45) is -8.31. The minimum atomic E-state index is -2.48. The Morgan fingerprint density at radius 2 is 1.75 bits per heavy atom. The number of hydrogen-bond acceptors (Lipinski definition) is 11. The molecule has 0 radical (unpaired) electrons. The second-order valence-electron chi connectivity index (χ2n) is 6.28. The topological polar surface area (TPSA) is 194 Å². The Balaban J connectivity index is 2.15. The Hall–Kier alpha value is -0.440. The van der Waals surface area contributed by atoms with E-state index in [9.17, 15) is 35.7 Å². The molecule has 2 fully saturated rings. The fourth-order valence-electron chi connectivity index (χ4n) is 3.21. The van der Waals surface area contributed by atoms with Crippen LogP contribution < -0.4 is 0 Å². The highest BCUT2D eigenvalue weighted by Gasteiger charge is 2.79. The van der Waals surface area contributed by atoms with Crippen molar-refractivity contribution in [3.63, 3.8) is 0 Å². The number of nitrogens with zero attached hydrogens (tertiary/aromatic N) is 1. The van der Waals surface area contributed by atoms with Gasteiger partial charge in [0.15, 0.2) is 11.4 Å². The maximum Gasteiger partial charge on any atom is 0.195 e. The van der Waals surface area contributed by atoms with Crippen LogP contribution in [0.1, 0.15) is 6.42 Å². The Morgan fingerprint density at radius 3 is 2.25 bits per heavy atom. The summed E-state index contributed by atoms with van der Waals surface area (Å²) in [6.45, 7) is -2.74. The van der Waals surface area contributed by atoms with Gasteiger partial charge in [0.2, 0.25) is 0 Å². The van der Waals surface area contributed by atoms with E-state index in [1.54, 1.807) is 0 Å². The van der Waals surface area contributed by atoms with Crippen molar-refractivity contribution in [2.45, 2.75) is 54.5 Å². The third-order valence-electron chi connectivity index (χ3n) is 4.79. The molecule has 142 valence electrons. The van der Waals surface area contributed by atoms with Gasteiger partial charge in [-0.15, -0.1) is 0 Å². The molecule has 2 aliphatic rings. The van der Waals surface area contributed by atoms with Crippen LogP contribution in [-0.2, 0) is 4.74 Å². The molecule has 9 N–H and O–H groups in total. The Labute approximate surface area is 137 Å². The smallest absolute Gasteiger partial charge is 0.195 e. The molecule has 2 heterocycles. The van der Waals surface area contributed by atoms with Gasteiger partial charge in [0.25, 0.3) is 0 Å². The summed E-state index contributed by atoms with van der Waals surface area (Å²) in [6, 6.07) is 0. The highest BCUT2D eigenvalue weighted by molar-refractivity contribution is 5.21. The molecule has 0 saturated carbocycles. The summed E-state index contributed by atoms with van der Waals surface area (Å²) in [5.41, 5.74) is -4.81. The van der Waals surface area contributed by atoms with Crippen molar-refractivity contribution >= 4 is 0 Å². The molecule has 0 bridgehead atoms. The lowest BCUT2D eigenvalue weighted by Gasteiger charge is -2.37. The lowest BCUT2D eigenvalue weighted by Crippen LogP contribution is -2.53. The molecule has 2 unspecified atom stereocenters. The van der Waals surface area contributed by atoms with Gasteiger partial charge in [-0.2, -0.15) is 0 Å². The zero-order valence-electron chi connectivity index (χ0n) is 12.9. The Kier molecular flexibility index (Phi) is 5.84. The number of aliphatic hydroxyl groups excluding tert-OH is 7. The normalized spacial score (nSPS) is 48.1. The standard InChI is InChI=1S/C13H25NO10/c15-3-6-1-7(18)10(20)9(24-6)2-14-12(22,5-17)13(14,23)11(21)8(19)4-16/h6-11,15-23H,1-5H2/t6-,7-,8-,9?,10+,11+,12+,13-,14?/m0/s1. The van der Waals surface area contributed by atoms with Crippen molar-refractivity contribution in [3.05, 3.63) is 0 Å². The van der Waals surface area contributed by atoms with Crippen LogP contribution in [0.4, 0.5) is 0 Å². The molecule has 0 amide bonds. The predicted octanol–water partition coefficient (Wildman–Crippen LogP) is -5.74. The molecule has 2 saturated heterocycles. The monoisotopic (exact) mass is 355 g/mol. The molecule has 0 aromatic carbocycles. The van der Waals surface area contributed by atoms with E-state index in [-0.39, 0.29) is 6.42 Å². The molecular weight excluding hydrogens is 330 g/mol. The number of ether oxygens (including phenoxy) is 1. The van der Waals surface area contributed by atoms with Gasteiger partial charge in [0, 0.05) is 13.0 Å². The van der Waals surface area contributed by atoms with Crippen LogP contribution in [0.5, 0.6) is 0 Å². The van der Waals surface area contributed by atoms with E-state index >= 15 is 0 Å². The van der Waals surface area contributed by atoms with E-state index in [1.807, 2.05) is 0 Å². The average molecular weight is 355 g/mol. The van der Waals surface area contributed by atoms with Crippen molar-refractivity contribution in [1.29, 1.82) is 0 Å². The van der Waals surface area contributed by atoms with Gasteiger partial charge in [-0.1, -0.05) is 0 Å². The molecule has 11 nitrogen and oxygen atoms in total. The Bertz CT molecular complexity index is 441. The minimum Gasteiger partial charge on any atom is -0.394 e. The van der Waals surface area contributed by atoms with E-state index in [2.05, 4.69) is 0 Å². The van der Waals surface area contributed by atoms with E-state index in [0.717, 1.165) is 4.90 Å². The average Bonchev–Trinajstić information content (AvgIpc) is 3.06. The summed E-state index contributed by atoms with van der Waals surface area (Å²) in [4.78, 5) is 0.782. The zero-order valence-corrected chi connectivity index (χ0v) is 12.9. The third kappa shape index (κ3) is 2.95.